The van der Waals surface area contributed by atoms with E-state index >= 15 is 0 Å². The Labute approximate surface area is 160 Å². The minimum absolute atomic E-state index is 0.0141. The molecule has 27 heavy (non-hydrogen) atoms. The Balaban J connectivity index is 1.75. The highest BCUT2D eigenvalue weighted by Crippen LogP contribution is 2.24. The van der Waals surface area contributed by atoms with Crippen LogP contribution in [0.25, 0.3) is 0 Å². The summed E-state index contributed by atoms with van der Waals surface area (Å²) in [5.41, 5.74) is 9.21. The highest BCUT2D eigenvalue weighted by molar-refractivity contribution is 5.78. The van der Waals surface area contributed by atoms with E-state index in [0.29, 0.717) is 18.8 Å². The summed E-state index contributed by atoms with van der Waals surface area (Å²) in [4.78, 5) is 21.3. The monoisotopic (exact) mass is 368 g/mol. The van der Waals surface area contributed by atoms with Crippen molar-refractivity contribution in [3.63, 3.8) is 0 Å². The maximum Gasteiger partial charge on any atom is 0.228 e. The largest absolute Gasteiger partial charge is 0.397 e. The van der Waals surface area contributed by atoms with Crippen LogP contribution in [0.2, 0.25) is 0 Å². The Bertz CT molecular complexity index is 781. The number of nitrogens with zero attached hydrogens (tertiary/aromatic N) is 3. The van der Waals surface area contributed by atoms with Crippen molar-refractivity contribution in [3.8, 4) is 0 Å². The molecule has 6 nitrogen and oxygen atoms in total. The molecular formula is C21H28N4O2. The van der Waals surface area contributed by atoms with Crippen LogP contribution in [0.1, 0.15) is 29.3 Å². The fourth-order valence-corrected chi connectivity index (χ4v) is 3.52. The van der Waals surface area contributed by atoms with E-state index in [-0.39, 0.29) is 24.5 Å². The number of nitrogens with two attached hydrogens (primary N) is 1. The molecule has 2 atom stereocenters. The number of nitrogen functional groups attached to an aromatic ring is 1. The number of carbonyl (C=O) groups excluding carboxylic acids is 1. The van der Waals surface area contributed by atoms with Crippen LogP contribution < -0.4 is 5.73 Å². The molecule has 0 spiro atoms. The summed E-state index contributed by atoms with van der Waals surface area (Å²) in [5.74, 6) is 0.0141. The van der Waals surface area contributed by atoms with Gasteiger partial charge in [0.05, 0.1) is 36.1 Å². The molecular weight excluding hydrogens is 340 g/mol. The van der Waals surface area contributed by atoms with Gasteiger partial charge in [0.15, 0.2) is 0 Å². The molecule has 1 aliphatic heterocycles. The van der Waals surface area contributed by atoms with E-state index in [4.69, 9.17) is 5.73 Å². The number of aromatic nitrogens is 1. The Morgan fingerprint density at radius 3 is 2.78 bits per heavy atom. The number of likely N-dealkylation sites (N-methyl/N-ethyl adjacent to an activating group) is 1. The molecule has 2 heterocycles. The first-order valence-corrected chi connectivity index (χ1v) is 9.36. The Morgan fingerprint density at radius 2 is 2.15 bits per heavy atom. The second-order valence-electron chi connectivity index (χ2n) is 7.34. The average molecular weight is 368 g/mol. The smallest absolute Gasteiger partial charge is 0.228 e. The van der Waals surface area contributed by atoms with Crippen LogP contribution in [-0.2, 0) is 11.2 Å². The predicted octanol–water partition coefficient (Wildman–Crippen LogP) is 1.78. The van der Waals surface area contributed by atoms with E-state index in [0.717, 1.165) is 29.8 Å². The number of amides is 1. The molecule has 0 bridgehead atoms. The van der Waals surface area contributed by atoms with E-state index in [1.807, 2.05) is 50.4 Å². The van der Waals surface area contributed by atoms with Crippen LogP contribution in [0.3, 0.4) is 0 Å². The summed E-state index contributed by atoms with van der Waals surface area (Å²) < 4.78 is 0. The summed E-state index contributed by atoms with van der Waals surface area (Å²) in [6.45, 7) is 4.13. The lowest BCUT2D eigenvalue weighted by Crippen LogP contribution is -2.39. The number of aryl methyl sites for hydroxylation is 1. The molecule has 2 unspecified atom stereocenters. The number of benzene rings is 1. The normalized spacial score (nSPS) is 18.4. The zero-order chi connectivity index (χ0) is 19.4. The number of rotatable bonds is 6. The summed E-state index contributed by atoms with van der Waals surface area (Å²) in [6.07, 6.45) is 2.36. The van der Waals surface area contributed by atoms with Crippen LogP contribution >= 0.6 is 0 Å². The van der Waals surface area contributed by atoms with Gasteiger partial charge in [-0.25, -0.2) is 0 Å². The molecule has 6 heteroatoms. The fourth-order valence-electron chi connectivity index (χ4n) is 3.52. The molecule has 144 valence electrons. The molecule has 0 aliphatic carbocycles. The van der Waals surface area contributed by atoms with Gasteiger partial charge < -0.3 is 15.7 Å². The van der Waals surface area contributed by atoms with Crippen molar-refractivity contribution in [2.45, 2.75) is 31.9 Å². The van der Waals surface area contributed by atoms with Gasteiger partial charge in [0.1, 0.15) is 0 Å². The van der Waals surface area contributed by atoms with Crippen LogP contribution in [0.4, 0.5) is 5.69 Å². The number of pyridine rings is 1. The van der Waals surface area contributed by atoms with Gasteiger partial charge in [0.25, 0.3) is 0 Å². The highest BCUT2D eigenvalue weighted by atomic mass is 16.3. The summed E-state index contributed by atoms with van der Waals surface area (Å²) in [7, 11) is 1.84. The summed E-state index contributed by atoms with van der Waals surface area (Å²) in [6, 6.07) is 11.9. The molecule has 1 aromatic heterocycles. The van der Waals surface area contributed by atoms with E-state index in [1.54, 1.807) is 11.1 Å². The number of anilines is 1. The quantitative estimate of drug-likeness (QED) is 0.812. The number of likely N-dealkylation sites (tertiary alicyclic amines) is 1. The first kappa shape index (κ1) is 19.3. The lowest BCUT2D eigenvalue weighted by Gasteiger charge is -2.32. The molecule has 1 fully saturated rings. The number of aliphatic hydroxyl groups is 1. The molecule has 0 radical (unpaired) electrons. The van der Waals surface area contributed by atoms with E-state index in [9.17, 15) is 9.90 Å². The van der Waals surface area contributed by atoms with Crippen LogP contribution in [0.5, 0.6) is 0 Å². The first-order valence-electron chi connectivity index (χ1n) is 9.36. The maximum absolute atomic E-state index is 12.9. The van der Waals surface area contributed by atoms with Crippen LogP contribution in [0.15, 0.2) is 42.6 Å². The van der Waals surface area contributed by atoms with E-state index in [1.165, 1.54) is 0 Å². The minimum atomic E-state index is -0.274. The van der Waals surface area contributed by atoms with Gasteiger partial charge in [-0.2, -0.15) is 0 Å². The fraction of sp³-hybridized carbons (Fsp3) is 0.429. The number of carbonyl (C=O) groups is 1. The van der Waals surface area contributed by atoms with Crippen molar-refractivity contribution in [2.75, 3.05) is 32.4 Å². The number of hydrogen-bond donors (Lipinski definition) is 2. The van der Waals surface area contributed by atoms with Gasteiger partial charge in [0.2, 0.25) is 5.91 Å². The third kappa shape index (κ3) is 4.84. The predicted molar refractivity (Wildman–Crippen MR) is 106 cm³/mol. The van der Waals surface area contributed by atoms with Crippen molar-refractivity contribution in [1.29, 1.82) is 0 Å². The SMILES string of the molecule is Cc1cc(CC(=O)N(C)C(CN2CCC(O)C2)c2ccccc2)ncc1N. The number of β-amino-alcohol motifs (C(OH)–C–C–N with tert-alkyl or cyclic N) is 1. The molecule has 1 aliphatic rings. The topological polar surface area (TPSA) is 82.7 Å². The van der Waals surface area contributed by atoms with Crippen LogP contribution in [0, 0.1) is 6.92 Å². The Hall–Kier alpha value is -2.44. The molecule has 3 rings (SSSR count). The summed E-state index contributed by atoms with van der Waals surface area (Å²) in [5, 5.41) is 9.83. The zero-order valence-corrected chi connectivity index (χ0v) is 16.0. The van der Waals surface area contributed by atoms with Gasteiger partial charge in [-0.15, -0.1) is 0 Å². The van der Waals surface area contributed by atoms with Crippen LogP contribution in [-0.4, -0.2) is 58.6 Å². The Morgan fingerprint density at radius 1 is 1.41 bits per heavy atom. The van der Waals surface area contributed by atoms with Gasteiger partial charge in [0, 0.05) is 26.7 Å². The molecule has 0 saturated carbocycles. The molecule has 1 aromatic carbocycles. The third-order valence-electron chi connectivity index (χ3n) is 5.26. The van der Waals surface area contributed by atoms with Gasteiger partial charge in [-0.05, 0) is 30.5 Å². The summed E-state index contributed by atoms with van der Waals surface area (Å²) >= 11 is 0. The van der Waals surface area contributed by atoms with E-state index < -0.39 is 0 Å². The van der Waals surface area contributed by atoms with Gasteiger partial charge in [-0.1, -0.05) is 30.3 Å². The third-order valence-corrected chi connectivity index (χ3v) is 5.26. The number of aliphatic hydroxyl groups excluding tert-OH is 1. The molecule has 1 amide bonds. The minimum Gasteiger partial charge on any atom is -0.397 e. The van der Waals surface area contributed by atoms with Gasteiger partial charge >= 0.3 is 0 Å². The van der Waals surface area contributed by atoms with Gasteiger partial charge in [-0.3, -0.25) is 14.7 Å². The van der Waals surface area contributed by atoms with Crippen molar-refractivity contribution in [3.05, 3.63) is 59.4 Å². The standard InChI is InChI=1S/C21H28N4O2/c1-15-10-17(23-12-19(15)22)11-21(27)24(2)20(16-6-4-3-5-7-16)14-25-9-8-18(26)13-25/h3-7,10,12,18,20,26H,8-9,11,13-14,22H2,1-2H3. The lowest BCUT2D eigenvalue weighted by atomic mass is 10.0. The lowest BCUT2D eigenvalue weighted by molar-refractivity contribution is -0.131. The Kier molecular flexibility index (Phi) is 6.08. The van der Waals surface area contributed by atoms with Crippen molar-refractivity contribution >= 4 is 11.6 Å². The second-order valence-corrected chi connectivity index (χ2v) is 7.34. The first-order chi connectivity index (χ1) is 12.9. The number of hydrogen-bond acceptors (Lipinski definition) is 5. The second kappa shape index (κ2) is 8.50. The molecule has 1 saturated heterocycles. The average Bonchev–Trinajstić information content (AvgIpc) is 3.08. The van der Waals surface area contributed by atoms with Crippen molar-refractivity contribution in [1.82, 2.24) is 14.8 Å². The van der Waals surface area contributed by atoms with E-state index in [2.05, 4.69) is 9.88 Å². The molecule has 2 aromatic rings. The van der Waals surface area contributed by atoms with Crippen molar-refractivity contribution < 1.29 is 9.90 Å². The van der Waals surface area contributed by atoms with Crippen molar-refractivity contribution in [2.24, 2.45) is 0 Å². The highest BCUT2D eigenvalue weighted by Gasteiger charge is 2.28. The zero-order valence-electron chi connectivity index (χ0n) is 16.0. The maximum atomic E-state index is 12.9. The molecule has 3 N–H and O–H groups in total.